The maximum absolute atomic E-state index is 5.33. The molecule has 0 aliphatic rings. The van der Waals surface area contributed by atoms with Gasteiger partial charge in [-0.25, -0.2) is 9.97 Å². The van der Waals surface area contributed by atoms with E-state index in [1.807, 2.05) is 11.3 Å². The van der Waals surface area contributed by atoms with Crippen LogP contribution in [-0.2, 0) is 0 Å². The van der Waals surface area contributed by atoms with Gasteiger partial charge in [-0.15, -0.1) is 11.3 Å². The summed E-state index contributed by atoms with van der Waals surface area (Å²) in [6.45, 7) is 0. The Balaban J connectivity index is 1.13. The number of para-hydroxylation sites is 1. The van der Waals surface area contributed by atoms with E-state index in [1.165, 1.54) is 63.5 Å². The molecule has 0 unspecified atom stereocenters. The molecule has 0 atom stereocenters. The molecule has 8 aromatic carbocycles. The van der Waals surface area contributed by atoms with E-state index in [4.69, 9.17) is 9.97 Å². The number of aromatic nitrogens is 3. The summed E-state index contributed by atoms with van der Waals surface area (Å²) < 4.78 is 4.98. The number of benzene rings is 8. The first kappa shape index (κ1) is 27.6. The Morgan fingerprint density at radius 3 is 2.02 bits per heavy atom. The Bertz CT molecular complexity index is 3150. The molecule has 50 heavy (non-hydrogen) atoms. The van der Waals surface area contributed by atoms with Crippen LogP contribution in [0.4, 0.5) is 0 Å². The predicted molar refractivity (Wildman–Crippen MR) is 213 cm³/mol. The van der Waals surface area contributed by atoms with Crippen molar-refractivity contribution < 1.29 is 0 Å². The first-order chi connectivity index (χ1) is 24.8. The zero-order valence-electron chi connectivity index (χ0n) is 26.8. The lowest BCUT2D eigenvalue weighted by Crippen LogP contribution is -1.97. The van der Waals surface area contributed by atoms with E-state index in [0.717, 1.165) is 39.2 Å². The summed E-state index contributed by atoms with van der Waals surface area (Å²) in [5, 5.41) is 11.0. The van der Waals surface area contributed by atoms with Crippen LogP contribution < -0.4 is 0 Å². The van der Waals surface area contributed by atoms with Gasteiger partial charge in [0, 0.05) is 58.5 Å². The van der Waals surface area contributed by atoms with Gasteiger partial charge in [0.2, 0.25) is 0 Å². The molecule has 0 aliphatic carbocycles. The fraction of sp³-hybridized carbons (Fsp3) is 0. The maximum atomic E-state index is 5.33. The van der Waals surface area contributed by atoms with Gasteiger partial charge >= 0.3 is 0 Å². The van der Waals surface area contributed by atoms with Crippen LogP contribution in [-0.4, -0.2) is 14.5 Å². The molecule has 3 aromatic heterocycles. The number of rotatable bonds is 3. The van der Waals surface area contributed by atoms with Gasteiger partial charge in [0.15, 0.2) is 5.82 Å². The van der Waals surface area contributed by atoms with Crippen LogP contribution in [0, 0.1) is 0 Å². The monoisotopic (exact) mass is 653 g/mol. The summed E-state index contributed by atoms with van der Waals surface area (Å²) in [6, 6.07) is 58.9. The molecule has 0 bridgehead atoms. The average molecular weight is 654 g/mol. The van der Waals surface area contributed by atoms with Crippen molar-refractivity contribution in [2.24, 2.45) is 0 Å². The van der Waals surface area contributed by atoms with Gasteiger partial charge in [0.05, 0.1) is 22.2 Å². The van der Waals surface area contributed by atoms with Gasteiger partial charge < -0.3 is 4.57 Å². The molecule has 0 radical (unpaired) electrons. The van der Waals surface area contributed by atoms with Crippen LogP contribution >= 0.6 is 11.3 Å². The molecule has 0 spiro atoms. The second-order valence-electron chi connectivity index (χ2n) is 13.0. The second kappa shape index (κ2) is 10.6. The Morgan fingerprint density at radius 1 is 0.460 bits per heavy atom. The van der Waals surface area contributed by atoms with E-state index >= 15 is 0 Å². The van der Waals surface area contributed by atoms with Gasteiger partial charge in [-0.3, -0.25) is 0 Å². The van der Waals surface area contributed by atoms with Crippen molar-refractivity contribution in [1.82, 2.24) is 14.5 Å². The summed E-state index contributed by atoms with van der Waals surface area (Å²) in [5.41, 5.74) is 7.55. The zero-order valence-corrected chi connectivity index (χ0v) is 27.7. The van der Waals surface area contributed by atoms with Gasteiger partial charge in [0.1, 0.15) is 0 Å². The van der Waals surface area contributed by atoms with E-state index in [9.17, 15) is 0 Å². The molecule has 232 valence electrons. The first-order valence-corrected chi connectivity index (χ1v) is 17.7. The SMILES string of the molecule is c1ccc2cc3c(cc2c1)c1ccc2ccccc2c1n3-c1ccc(-c2nc(-c3cccc4sc5ccccc5c34)c3ccccc3n2)cc1. The highest BCUT2D eigenvalue weighted by Gasteiger charge is 2.19. The zero-order chi connectivity index (χ0) is 32.8. The Labute approximate surface area is 291 Å². The van der Waals surface area contributed by atoms with Crippen molar-refractivity contribution in [1.29, 1.82) is 0 Å². The molecule has 0 saturated carbocycles. The van der Waals surface area contributed by atoms with Crippen LogP contribution in [0.25, 0.3) is 103 Å². The lowest BCUT2D eigenvalue weighted by atomic mass is 10.00. The summed E-state index contributed by atoms with van der Waals surface area (Å²) in [7, 11) is 0. The van der Waals surface area contributed by atoms with E-state index in [1.54, 1.807) is 0 Å². The molecule has 3 nitrogen and oxygen atoms in total. The maximum Gasteiger partial charge on any atom is 0.160 e. The minimum absolute atomic E-state index is 0.723. The smallest absolute Gasteiger partial charge is 0.160 e. The van der Waals surface area contributed by atoms with Crippen LogP contribution in [0.1, 0.15) is 0 Å². The molecule has 0 N–H and O–H groups in total. The third-order valence-electron chi connectivity index (χ3n) is 10.2. The number of hydrogen-bond donors (Lipinski definition) is 0. The summed E-state index contributed by atoms with van der Waals surface area (Å²) in [5.74, 6) is 0.723. The third-order valence-corrected chi connectivity index (χ3v) is 11.3. The predicted octanol–water partition coefficient (Wildman–Crippen LogP) is 12.7. The normalized spacial score (nSPS) is 12.0. The average Bonchev–Trinajstić information content (AvgIpc) is 3.72. The largest absolute Gasteiger partial charge is 0.309 e. The van der Waals surface area contributed by atoms with Crippen LogP contribution in [0.2, 0.25) is 0 Å². The molecule has 0 aliphatic heterocycles. The molecule has 0 fully saturated rings. The minimum Gasteiger partial charge on any atom is -0.309 e. The summed E-state index contributed by atoms with van der Waals surface area (Å²) >= 11 is 1.83. The Kier molecular flexibility index (Phi) is 5.83. The molecule has 4 heteroatoms. The van der Waals surface area contributed by atoms with Crippen molar-refractivity contribution in [3.05, 3.63) is 164 Å². The number of hydrogen-bond acceptors (Lipinski definition) is 3. The fourth-order valence-electron chi connectivity index (χ4n) is 7.87. The summed E-state index contributed by atoms with van der Waals surface area (Å²) in [4.78, 5) is 10.4. The van der Waals surface area contributed by atoms with Crippen molar-refractivity contribution in [2.45, 2.75) is 0 Å². The van der Waals surface area contributed by atoms with Crippen molar-refractivity contribution in [3.8, 4) is 28.3 Å². The molecule has 3 heterocycles. The standard InChI is InChI=1S/C46H27N3S/c1-2-12-31-27-40-38(26-30(31)11-1)34-25-22-28-10-3-4-13-33(28)45(34)49(40)32-23-20-29(21-24-32)46-47-39-17-7-5-14-35(39)44(48-46)37-16-9-19-42-43(37)36-15-6-8-18-41(36)50-42/h1-27H. The Hall–Kier alpha value is -6.36. The molecule has 0 amide bonds. The van der Waals surface area contributed by atoms with Crippen molar-refractivity contribution in [3.63, 3.8) is 0 Å². The highest BCUT2D eigenvalue weighted by molar-refractivity contribution is 7.25. The number of fused-ring (bicyclic) bond motifs is 10. The topological polar surface area (TPSA) is 30.7 Å². The lowest BCUT2D eigenvalue weighted by Gasteiger charge is -2.13. The quantitative estimate of drug-likeness (QED) is 0.190. The van der Waals surface area contributed by atoms with E-state index in [0.29, 0.717) is 0 Å². The number of nitrogens with zero attached hydrogens (tertiary/aromatic N) is 3. The van der Waals surface area contributed by atoms with Crippen LogP contribution in [0.15, 0.2) is 164 Å². The number of thiophene rings is 1. The van der Waals surface area contributed by atoms with E-state index < -0.39 is 0 Å². The van der Waals surface area contributed by atoms with Crippen molar-refractivity contribution in [2.75, 3.05) is 0 Å². The molecular formula is C46H27N3S. The van der Waals surface area contributed by atoms with Gasteiger partial charge in [-0.2, -0.15) is 0 Å². The van der Waals surface area contributed by atoms with Crippen molar-refractivity contribution >= 4 is 85.8 Å². The highest BCUT2D eigenvalue weighted by Crippen LogP contribution is 2.42. The molecular weight excluding hydrogens is 627 g/mol. The molecule has 11 aromatic rings. The summed E-state index contributed by atoms with van der Waals surface area (Å²) in [6.07, 6.45) is 0. The lowest BCUT2D eigenvalue weighted by molar-refractivity contribution is 1.18. The Morgan fingerprint density at radius 2 is 1.16 bits per heavy atom. The van der Waals surface area contributed by atoms with Crippen LogP contribution in [0.5, 0.6) is 0 Å². The minimum atomic E-state index is 0.723. The van der Waals surface area contributed by atoms with Crippen LogP contribution in [0.3, 0.4) is 0 Å². The first-order valence-electron chi connectivity index (χ1n) is 16.9. The van der Waals surface area contributed by atoms with Gasteiger partial charge in [0.25, 0.3) is 0 Å². The molecule has 0 saturated heterocycles. The highest BCUT2D eigenvalue weighted by atomic mass is 32.1. The van der Waals surface area contributed by atoms with E-state index in [2.05, 4.69) is 168 Å². The third kappa shape index (κ3) is 4.03. The van der Waals surface area contributed by atoms with E-state index in [-0.39, 0.29) is 0 Å². The second-order valence-corrected chi connectivity index (χ2v) is 14.1. The van der Waals surface area contributed by atoms with Gasteiger partial charge in [-0.05, 0) is 70.8 Å². The van der Waals surface area contributed by atoms with Gasteiger partial charge in [-0.1, -0.05) is 109 Å². The fourth-order valence-corrected chi connectivity index (χ4v) is 9.01. The molecule has 11 rings (SSSR count).